The number of rotatable bonds is 5. The Morgan fingerprint density at radius 3 is 2.37 bits per heavy atom. The first-order valence-corrected chi connectivity index (χ1v) is 10.00. The zero-order chi connectivity index (χ0) is 22.4. The number of aliphatic hydroxyl groups is 1. The molecule has 2 saturated heterocycles. The second-order valence-corrected chi connectivity index (χ2v) is 7.39. The summed E-state index contributed by atoms with van der Waals surface area (Å²) >= 11 is 0. The number of amides is 2. The number of carboxylic acid groups (broad SMARTS) is 2. The minimum Gasteiger partial charge on any atom is -0.483 e. The third-order valence-corrected chi connectivity index (χ3v) is 5.38. The van der Waals surface area contributed by atoms with Crippen LogP contribution in [0.1, 0.15) is 26.2 Å². The molecular weight excluding hydrogens is 394 g/mol. The van der Waals surface area contributed by atoms with Gasteiger partial charge in [0.05, 0.1) is 18.5 Å². The van der Waals surface area contributed by atoms with Crippen molar-refractivity contribution in [3.8, 4) is 0 Å². The molecule has 2 fully saturated rings. The molecule has 1 aromatic rings. The fourth-order valence-electron chi connectivity index (χ4n) is 3.71. The van der Waals surface area contributed by atoms with Gasteiger partial charge in [0.2, 0.25) is 0 Å². The molecule has 11 heteroatoms. The Kier molecular flexibility index (Phi) is 11.5. The topological polar surface area (TPSA) is 148 Å². The predicted octanol–water partition coefficient (Wildman–Crippen LogP) is 0.163. The molecule has 11 nitrogen and oxygen atoms in total. The van der Waals surface area contributed by atoms with E-state index in [4.69, 9.17) is 19.8 Å². The van der Waals surface area contributed by atoms with Crippen molar-refractivity contribution in [2.75, 3.05) is 39.3 Å². The third kappa shape index (κ3) is 8.78. The molecule has 3 rings (SSSR count). The van der Waals surface area contributed by atoms with Gasteiger partial charge in [-0.15, -0.1) is 0 Å². The van der Waals surface area contributed by atoms with Gasteiger partial charge in [0.1, 0.15) is 0 Å². The average molecular weight is 428 g/mol. The fourth-order valence-corrected chi connectivity index (χ4v) is 3.71. The molecule has 2 aliphatic rings. The van der Waals surface area contributed by atoms with Crippen LogP contribution in [0.3, 0.4) is 0 Å². The molecule has 3 heterocycles. The molecule has 1 aromatic heterocycles. The van der Waals surface area contributed by atoms with Gasteiger partial charge in [-0.1, -0.05) is 6.92 Å². The molecule has 0 spiro atoms. The highest BCUT2D eigenvalue weighted by Crippen LogP contribution is 2.24. The van der Waals surface area contributed by atoms with Crippen molar-refractivity contribution in [2.24, 2.45) is 5.92 Å². The summed E-state index contributed by atoms with van der Waals surface area (Å²) in [7, 11) is 0. The maximum absolute atomic E-state index is 12.3. The van der Waals surface area contributed by atoms with E-state index in [2.05, 4.69) is 22.1 Å². The first kappa shape index (κ1) is 25.4. The van der Waals surface area contributed by atoms with Gasteiger partial charge in [-0.25, -0.2) is 9.78 Å². The van der Waals surface area contributed by atoms with E-state index in [0.29, 0.717) is 38.4 Å². The Balaban J connectivity index is 0.000000672. The summed E-state index contributed by atoms with van der Waals surface area (Å²) in [6, 6.07) is 0.00892. The van der Waals surface area contributed by atoms with Crippen molar-refractivity contribution in [3.63, 3.8) is 0 Å². The summed E-state index contributed by atoms with van der Waals surface area (Å²) in [5.74, 6) is 0.567. The molecule has 4 N–H and O–H groups in total. The minimum absolute atomic E-state index is 0.00892. The van der Waals surface area contributed by atoms with E-state index < -0.39 is 5.60 Å². The van der Waals surface area contributed by atoms with Gasteiger partial charge in [0.15, 0.2) is 0 Å². The molecule has 30 heavy (non-hydrogen) atoms. The number of hydrogen-bond donors (Lipinski definition) is 4. The number of piperidine rings is 1. The Morgan fingerprint density at radius 1 is 1.23 bits per heavy atom. The molecule has 2 aliphatic heterocycles. The Hall–Kier alpha value is -2.66. The summed E-state index contributed by atoms with van der Waals surface area (Å²) in [5, 5.41) is 27.5. The Labute approximate surface area is 176 Å². The van der Waals surface area contributed by atoms with E-state index >= 15 is 0 Å². The lowest BCUT2D eigenvalue weighted by Crippen LogP contribution is -2.51. The lowest BCUT2D eigenvalue weighted by molar-refractivity contribution is -0.123. The van der Waals surface area contributed by atoms with E-state index in [1.165, 1.54) is 6.42 Å². The highest BCUT2D eigenvalue weighted by molar-refractivity contribution is 5.74. The Morgan fingerprint density at radius 2 is 1.87 bits per heavy atom. The van der Waals surface area contributed by atoms with E-state index in [0.717, 1.165) is 26.2 Å². The second kappa shape index (κ2) is 13.5. The van der Waals surface area contributed by atoms with Crippen LogP contribution in [0.4, 0.5) is 4.79 Å². The highest BCUT2D eigenvalue weighted by atomic mass is 16.3. The molecule has 0 bridgehead atoms. The van der Waals surface area contributed by atoms with Crippen LogP contribution in [-0.4, -0.2) is 98.5 Å². The van der Waals surface area contributed by atoms with E-state index in [1.807, 2.05) is 15.7 Å². The van der Waals surface area contributed by atoms with Crippen LogP contribution in [-0.2, 0) is 16.1 Å². The first-order chi connectivity index (χ1) is 14.4. The van der Waals surface area contributed by atoms with Gasteiger partial charge in [0.25, 0.3) is 12.9 Å². The van der Waals surface area contributed by atoms with Gasteiger partial charge in [0, 0.05) is 38.6 Å². The smallest absolute Gasteiger partial charge is 0.317 e. The lowest BCUT2D eigenvalue weighted by atomic mass is 9.91. The van der Waals surface area contributed by atoms with Crippen LogP contribution in [0.15, 0.2) is 18.7 Å². The number of urea groups is 1. The van der Waals surface area contributed by atoms with E-state index in [9.17, 15) is 9.90 Å². The van der Waals surface area contributed by atoms with Crippen molar-refractivity contribution in [2.45, 2.75) is 38.3 Å². The fraction of sp³-hybridized carbons (Fsp3) is 0.684. The van der Waals surface area contributed by atoms with Crippen LogP contribution in [0.5, 0.6) is 0 Å². The van der Waals surface area contributed by atoms with Crippen LogP contribution in [0, 0.1) is 5.92 Å². The standard InChI is InChI=1S/C17H29N5O2.2CH2O2/c1-2-20-7-3-15(12-20)11-19-16(23)22-8-4-17(24,5-9-22)13-21-10-6-18-14-21;2*2-1-3/h6,10,14-15,24H,2-5,7-9,11-13H2,1H3,(H,19,23);2*1H,(H,2,3). The summed E-state index contributed by atoms with van der Waals surface area (Å²) in [6.07, 6.45) is 7.67. The van der Waals surface area contributed by atoms with Crippen molar-refractivity contribution in [1.82, 2.24) is 24.7 Å². The average Bonchev–Trinajstić information content (AvgIpc) is 3.39. The molecule has 0 saturated carbocycles. The number of carbonyl (C=O) groups excluding carboxylic acids is 1. The normalized spacial score (nSPS) is 20.2. The Bertz CT molecular complexity index is 613. The molecule has 0 radical (unpaired) electrons. The maximum atomic E-state index is 12.3. The van der Waals surface area contributed by atoms with Crippen molar-refractivity contribution in [3.05, 3.63) is 18.7 Å². The zero-order valence-electron chi connectivity index (χ0n) is 17.4. The molecule has 1 unspecified atom stereocenters. The maximum Gasteiger partial charge on any atom is 0.317 e. The lowest BCUT2D eigenvalue weighted by Gasteiger charge is -2.38. The number of aromatic nitrogens is 2. The number of nitrogens with zero attached hydrogens (tertiary/aromatic N) is 4. The number of carbonyl (C=O) groups is 3. The molecule has 0 aliphatic carbocycles. The SMILES string of the molecule is CCN1CCC(CNC(=O)N2CCC(O)(Cn3ccnc3)CC2)C1.O=CO.O=CO. The second-order valence-electron chi connectivity index (χ2n) is 7.39. The quantitative estimate of drug-likeness (QED) is 0.486. The number of likely N-dealkylation sites (tertiary alicyclic amines) is 2. The van der Waals surface area contributed by atoms with Crippen molar-refractivity contribution < 1.29 is 29.7 Å². The van der Waals surface area contributed by atoms with Crippen LogP contribution < -0.4 is 5.32 Å². The number of nitrogens with one attached hydrogen (secondary N) is 1. The first-order valence-electron chi connectivity index (χ1n) is 10.00. The molecule has 170 valence electrons. The monoisotopic (exact) mass is 427 g/mol. The van der Waals surface area contributed by atoms with Gasteiger partial charge >= 0.3 is 6.03 Å². The number of hydrogen-bond acceptors (Lipinski definition) is 6. The molecule has 2 amide bonds. The predicted molar refractivity (Wildman–Crippen MR) is 109 cm³/mol. The van der Waals surface area contributed by atoms with Crippen LogP contribution >= 0.6 is 0 Å². The summed E-state index contributed by atoms with van der Waals surface area (Å²) < 4.78 is 1.90. The van der Waals surface area contributed by atoms with Crippen molar-refractivity contribution >= 4 is 19.0 Å². The van der Waals surface area contributed by atoms with Crippen LogP contribution in [0.2, 0.25) is 0 Å². The van der Waals surface area contributed by atoms with Gasteiger partial charge in [-0.2, -0.15) is 0 Å². The largest absolute Gasteiger partial charge is 0.483 e. The summed E-state index contributed by atoms with van der Waals surface area (Å²) in [5.41, 5.74) is -0.745. The summed E-state index contributed by atoms with van der Waals surface area (Å²) in [6.45, 7) is 7.49. The molecular formula is C19H33N5O6. The van der Waals surface area contributed by atoms with Crippen LogP contribution in [0.25, 0.3) is 0 Å². The number of imidazole rings is 1. The van der Waals surface area contributed by atoms with E-state index in [1.54, 1.807) is 12.5 Å². The summed E-state index contributed by atoms with van der Waals surface area (Å²) in [4.78, 5) is 37.3. The van der Waals surface area contributed by atoms with Gasteiger partial charge in [-0.05, 0) is 38.3 Å². The highest BCUT2D eigenvalue weighted by Gasteiger charge is 2.34. The van der Waals surface area contributed by atoms with Gasteiger partial charge in [-0.3, -0.25) is 9.59 Å². The van der Waals surface area contributed by atoms with Crippen molar-refractivity contribution in [1.29, 1.82) is 0 Å². The van der Waals surface area contributed by atoms with Gasteiger partial charge < -0.3 is 35.0 Å². The van der Waals surface area contributed by atoms with E-state index in [-0.39, 0.29) is 19.0 Å². The molecule has 1 atom stereocenters. The molecule has 0 aromatic carbocycles. The third-order valence-electron chi connectivity index (χ3n) is 5.38. The minimum atomic E-state index is -0.745. The zero-order valence-corrected chi connectivity index (χ0v) is 17.4.